The minimum absolute atomic E-state index is 0.00733. The van der Waals surface area contributed by atoms with E-state index in [2.05, 4.69) is 29.0 Å². The molecule has 3 nitrogen and oxygen atoms in total. The normalized spacial score (nSPS) is 10.6. The highest BCUT2D eigenvalue weighted by atomic mass is 16.3. The topological polar surface area (TPSA) is 46.0 Å². The minimum Gasteiger partial charge on any atom is -0.392 e. The van der Waals surface area contributed by atoms with Crippen LogP contribution in [0.3, 0.4) is 0 Å². The molecule has 2 aromatic carbocycles. The van der Waals surface area contributed by atoms with Gasteiger partial charge in [-0.2, -0.15) is 0 Å². The summed E-state index contributed by atoms with van der Waals surface area (Å²) in [5.74, 6) is 0. The Morgan fingerprint density at radius 2 is 1.62 bits per heavy atom. The Morgan fingerprint density at radius 1 is 0.905 bits per heavy atom. The van der Waals surface area contributed by atoms with Gasteiger partial charge in [0.15, 0.2) is 0 Å². The molecule has 0 bridgehead atoms. The molecule has 3 heteroatoms. The average Bonchev–Trinajstić information content (AvgIpc) is 2.55. The van der Waals surface area contributed by atoms with Crippen LogP contribution in [0.2, 0.25) is 0 Å². The predicted molar refractivity (Wildman–Crippen MR) is 83.6 cm³/mol. The number of aryl methyl sites for hydroxylation is 1. The first kappa shape index (κ1) is 13.5. The van der Waals surface area contributed by atoms with E-state index in [0.717, 1.165) is 28.1 Å². The highest BCUT2D eigenvalue weighted by Gasteiger charge is 2.07. The van der Waals surface area contributed by atoms with Crippen molar-refractivity contribution in [2.45, 2.75) is 13.5 Å². The Kier molecular flexibility index (Phi) is 3.75. The molecule has 0 saturated carbocycles. The summed E-state index contributed by atoms with van der Waals surface area (Å²) in [4.78, 5) is 8.97. The number of hydrogen-bond donors (Lipinski definition) is 1. The van der Waals surface area contributed by atoms with E-state index in [0.29, 0.717) is 0 Å². The number of benzene rings is 2. The van der Waals surface area contributed by atoms with Gasteiger partial charge >= 0.3 is 0 Å². The van der Waals surface area contributed by atoms with E-state index in [1.807, 2.05) is 36.4 Å². The van der Waals surface area contributed by atoms with Crippen molar-refractivity contribution < 1.29 is 5.11 Å². The first-order valence-corrected chi connectivity index (χ1v) is 6.86. The molecule has 0 atom stereocenters. The van der Waals surface area contributed by atoms with Crippen LogP contribution in [0, 0.1) is 6.92 Å². The van der Waals surface area contributed by atoms with Gasteiger partial charge in [-0.3, -0.25) is 4.98 Å². The summed E-state index contributed by atoms with van der Waals surface area (Å²) in [5, 5.41) is 9.45. The zero-order chi connectivity index (χ0) is 14.7. The summed E-state index contributed by atoms with van der Waals surface area (Å²) in [5.41, 5.74) is 5.64. The van der Waals surface area contributed by atoms with Gasteiger partial charge < -0.3 is 5.11 Å². The molecule has 0 fully saturated rings. The molecule has 0 aliphatic rings. The largest absolute Gasteiger partial charge is 0.392 e. The van der Waals surface area contributed by atoms with Crippen LogP contribution in [-0.4, -0.2) is 15.1 Å². The van der Waals surface area contributed by atoms with E-state index in [1.165, 1.54) is 5.56 Å². The Morgan fingerprint density at radius 3 is 2.38 bits per heavy atom. The van der Waals surface area contributed by atoms with Crippen LogP contribution >= 0.6 is 0 Å². The lowest BCUT2D eigenvalue weighted by atomic mass is 10.0. The van der Waals surface area contributed by atoms with E-state index in [9.17, 15) is 5.11 Å². The molecule has 21 heavy (non-hydrogen) atoms. The highest BCUT2D eigenvalue weighted by Crippen LogP contribution is 2.24. The van der Waals surface area contributed by atoms with Gasteiger partial charge in [0.05, 0.1) is 30.4 Å². The zero-order valence-electron chi connectivity index (χ0n) is 11.8. The number of aliphatic hydroxyl groups is 1. The molecule has 0 spiro atoms. The third-order valence-electron chi connectivity index (χ3n) is 3.45. The molecule has 0 saturated heterocycles. The third-order valence-corrected chi connectivity index (χ3v) is 3.45. The Labute approximate surface area is 124 Å². The number of aliphatic hydroxyl groups excluding tert-OH is 1. The van der Waals surface area contributed by atoms with Crippen LogP contribution in [0.15, 0.2) is 60.9 Å². The summed E-state index contributed by atoms with van der Waals surface area (Å²) in [6, 6.07) is 15.9. The van der Waals surface area contributed by atoms with Gasteiger partial charge in [0.25, 0.3) is 0 Å². The molecule has 1 heterocycles. The fraction of sp³-hybridized carbons (Fsp3) is 0.111. The Balaban J connectivity index is 2.06. The summed E-state index contributed by atoms with van der Waals surface area (Å²) in [6.45, 7) is 2.05. The van der Waals surface area contributed by atoms with Gasteiger partial charge in [-0.25, -0.2) is 4.98 Å². The molecule has 0 radical (unpaired) electrons. The van der Waals surface area contributed by atoms with Crippen molar-refractivity contribution in [3.63, 3.8) is 0 Å². The lowest BCUT2D eigenvalue weighted by Crippen LogP contribution is -1.94. The number of aromatic nitrogens is 2. The summed E-state index contributed by atoms with van der Waals surface area (Å²) >= 11 is 0. The Hall–Kier alpha value is -2.52. The maximum Gasteiger partial charge on any atom is 0.0896 e. The van der Waals surface area contributed by atoms with Crippen molar-refractivity contribution in [3.05, 3.63) is 72.1 Å². The van der Waals surface area contributed by atoms with Crippen molar-refractivity contribution in [1.82, 2.24) is 9.97 Å². The first-order valence-electron chi connectivity index (χ1n) is 6.86. The molecular weight excluding hydrogens is 260 g/mol. The summed E-state index contributed by atoms with van der Waals surface area (Å²) < 4.78 is 0. The third kappa shape index (κ3) is 2.83. The molecule has 1 N–H and O–H groups in total. The highest BCUT2D eigenvalue weighted by molar-refractivity contribution is 5.67. The molecule has 0 aliphatic carbocycles. The number of rotatable bonds is 3. The van der Waals surface area contributed by atoms with E-state index in [1.54, 1.807) is 12.4 Å². The maximum atomic E-state index is 9.45. The van der Waals surface area contributed by atoms with Gasteiger partial charge in [-0.05, 0) is 12.5 Å². The average molecular weight is 276 g/mol. The van der Waals surface area contributed by atoms with Crippen LogP contribution in [0.5, 0.6) is 0 Å². The molecule has 0 unspecified atom stereocenters. The summed E-state index contributed by atoms with van der Waals surface area (Å²) in [6.07, 6.45) is 3.49. The van der Waals surface area contributed by atoms with Crippen molar-refractivity contribution in [2.24, 2.45) is 0 Å². The molecular formula is C18H16N2O. The van der Waals surface area contributed by atoms with E-state index < -0.39 is 0 Å². The predicted octanol–water partition coefficient (Wildman–Crippen LogP) is 3.61. The van der Waals surface area contributed by atoms with Gasteiger partial charge in [-0.15, -0.1) is 0 Å². The number of nitrogens with zero attached hydrogens (tertiary/aromatic N) is 2. The van der Waals surface area contributed by atoms with Crippen LogP contribution in [-0.2, 0) is 6.61 Å². The van der Waals surface area contributed by atoms with E-state index >= 15 is 0 Å². The van der Waals surface area contributed by atoms with Crippen molar-refractivity contribution in [1.29, 1.82) is 0 Å². The van der Waals surface area contributed by atoms with E-state index in [4.69, 9.17) is 0 Å². The van der Waals surface area contributed by atoms with Gasteiger partial charge in [0, 0.05) is 11.1 Å². The number of hydrogen-bond acceptors (Lipinski definition) is 3. The Bertz CT molecular complexity index is 751. The van der Waals surface area contributed by atoms with Crippen molar-refractivity contribution in [3.8, 4) is 22.5 Å². The zero-order valence-corrected chi connectivity index (χ0v) is 11.8. The SMILES string of the molecule is Cc1ccc(-c2cncc(-c3ccccc3CO)n2)cc1. The molecule has 3 rings (SSSR count). The molecule has 0 aliphatic heterocycles. The van der Waals surface area contributed by atoms with Gasteiger partial charge in [-0.1, -0.05) is 54.1 Å². The maximum absolute atomic E-state index is 9.45. The minimum atomic E-state index is -0.00733. The first-order chi connectivity index (χ1) is 10.3. The quantitative estimate of drug-likeness (QED) is 0.795. The second-order valence-corrected chi connectivity index (χ2v) is 4.97. The fourth-order valence-corrected chi connectivity index (χ4v) is 2.27. The second-order valence-electron chi connectivity index (χ2n) is 4.97. The van der Waals surface area contributed by atoms with Crippen LogP contribution in [0.25, 0.3) is 22.5 Å². The summed E-state index contributed by atoms with van der Waals surface area (Å²) in [7, 11) is 0. The van der Waals surface area contributed by atoms with Crippen LogP contribution in [0.1, 0.15) is 11.1 Å². The molecule has 3 aromatic rings. The molecule has 104 valence electrons. The van der Waals surface area contributed by atoms with Gasteiger partial charge in [0.1, 0.15) is 0 Å². The fourth-order valence-electron chi connectivity index (χ4n) is 2.27. The van der Waals surface area contributed by atoms with Crippen molar-refractivity contribution >= 4 is 0 Å². The standard InChI is InChI=1S/C18H16N2O/c1-13-6-8-14(9-7-13)17-10-19-11-18(20-17)16-5-3-2-4-15(16)12-21/h2-11,21H,12H2,1H3. The van der Waals surface area contributed by atoms with Crippen LogP contribution in [0.4, 0.5) is 0 Å². The lowest BCUT2D eigenvalue weighted by Gasteiger charge is -2.08. The lowest BCUT2D eigenvalue weighted by molar-refractivity contribution is 0.282. The van der Waals surface area contributed by atoms with Crippen molar-refractivity contribution in [2.75, 3.05) is 0 Å². The molecule has 1 aromatic heterocycles. The monoisotopic (exact) mass is 276 g/mol. The molecule has 0 amide bonds. The second kappa shape index (κ2) is 5.85. The van der Waals surface area contributed by atoms with E-state index in [-0.39, 0.29) is 6.61 Å². The van der Waals surface area contributed by atoms with Gasteiger partial charge in [0.2, 0.25) is 0 Å². The van der Waals surface area contributed by atoms with Crippen LogP contribution < -0.4 is 0 Å². The smallest absolute Gasteiger partial charge is 0.0896 e.